The summed E-state index contributed by atoms with van der Waals surface area (Å²) in [5.41, 5.74) is 2.80. The van der Waals surface area contributed by atoms with Crippen LogP contribution < -0.4 is 0 Å². The fourth-order valence-electron chi connectivity index (χ4n) is 1.18. The van der Waals surface area contributed by atoms with Crippen molar-refractivity contribution in [2.24, 2.45) is 0 Å². The van der Waals surface area contributed by atoms with Crippen LogP contribution in [-0.2, 0) is 6.42 Å². The molecule has 0 aliphatic rings. The van der Waals surface area contributed by atoms with Crippen molar-refractivity contribution in [2.45, 2.75) is 19.8 Å². The van der Waals surface area contributed by atoms with Crippen molar-refractivity contribution in [2.75, 3.05) is 5.75 Å². The van der Waals surface area contributed by atoms with Gasteiger partial charge in [-0.05, 0) is 48.8 Å². The lowest BCUT2D eigenvalue weighted by molar-refractivity contribution is 0.925. The number of aryl methyl sites for hydroxylation is 2. The number of benzene rings is 1. The average Bonchev–Trinajstić information content (AvgIpc) is 2.07. The Hall–Kier alpha value is 0.0500. The molecule has 0 atom stereocenters. The van der Waals surface area contributed by atoms with E-state index in [1.54, 1.807) is 0 Å². The van der Waals surface area contributed by atoms with Gasteiger partial charge in [0.2, 0.25) is 0 Å². The van der Waals surface area contributed by atoms with Crippen molar-refractivity contribution in [3.05, 3.63) is 33.8 Å². The molecule has 1 aromatic carbocycles. The molecule has 2 heteroatoms. The van der Waals surface area contributed by atoms with Crippen LogP contribution in [0.15, 0.2) is 22.7 Å². The van der Waals surface area contributed by atoms with Gasteiger partial charge in [-0.3, -0.25) is 0 Å². The van der Waals surface area contributed by atoms with E-state index < -0.39 is 0 Å². The van der Waals surface area contributed by atoms with Gasteiger partial charge in [0, 0.05) is 4.47 Å². The van der Waals surface area contributed by atoms with E-state index >= 15 is 0 Å². The van der Waals surface area contributed by atoms with Crippen LogP contribution in [-0.4, -0.2) is 5.75 Å². The Morgan fingerprint density at radius 1 is 1.42 bits per heavy atom. The van der Waals surface area contributed by atoms with Gasteiger partial charge in [0.1, 0.15) is 0 Å². The predicted octanol–water partition coefficient (Wildman–Crippen LogP) is 3.62. The molecule has 12 heavy (non-hydrogen) atoms. The highest BCUT2D eigenvalue weighted by Gasteiger charge is 1.97. The number of thiol groups is 1. The summed E-state index contributed by atoms with van der Waals surface area (Å²) in [6.07, 6.45) is 2.29. The second kappa shape index (κ2) is 4.93. The highest BCUT2D eigenvalue weighted by Crippen LogP contribution is 2.17. The lowest BCUT2D eigenvalue weighted by Crippen LogP contribution is -1.90. The molecule has 0 spiro atoms. The minimum atomic E-state index is 0.964. The average molecular weight is 245 g/mol. The fraction of sp³-hybridized carbons (Fsp3) is 0.400. The Labute approximate surface area is 87.9 Å². The maximum absolute atomic E-state index is 4.20. The standard InChI is InChI=1S/C10H13BrS/c1-8-4-5-10(11)7-9(8)3-2-6-12/h4-5,7,12H,2-3,6H2,1H3. The Balaban J connectivity index is 2.75. The summed E-state index contributed by atoms with van der Waals surface area (Å²) in [6, 6.07) is 6.43. The highest BCUT2D eigenvalue weighted by atomic mass is 79.9. The predicted molar refractivity (Wildman–Crippen MR) is 61.1 cm³/mol. The monoisotopic (exact) mass is 244 g/mol. The quantitative estimate of drug-likeness (QED) is 0.772. The zero-order valence-electron chi connectivity index (χ0n) is 7.18. The summed E-state index contributed by atoms with van der Waals surface area (Å²) in [5.74, 6) is 0.964. The van der Waals surface area contributed by atoms with E-state index in [2.05, 4.69) is 53.7 Å². The molecule has 0 nitrogen and oxygen atoms in total. The maximum Gasteiger partial charge on any atom is 0.0178 e. The molecule has 66 valence electrons. The minimum Gasteiger partial charge on any atom is -0.179 e. The molecule has 0 unspecified atom stereocenters. The first-order valence-corrected chi connectivity index (χ1v) is 5.52. The van der Waals surface area contributed by atoms with Crippen molar-refractivity contribution < 1.29 is 0 Å². The molecule has 0 aliphatic heterocycles. The van der Waals surface area contributed by atoms with Gasteiger partial charge in [0.05, 0.1) is 0 Å². The van der Waals surface area contributed by atoms with E-state index in [1.165, 1.54) is 15.6 Å². The number of hydrogen-bond donors (Lipinski definition) is 1. The first kappa shape index (κ1) is 10.1. The van der Waals surface area contributed by atoms with Gasteiger partial charge in [-0.15, -0.1) is 0 Å². The second-order valence-corrected chi connectivity index (χ2v) is 4.26. The molecule has 0 amide bonds. The molecule has 0 heterocycles. The maximum atomic E-state index is 4.20. The van der Waals surface area contributed by atoms with Crippen molar-refractivity contribution in [1.82, 2.24) is 0 Å². The molecule has 0 radical (unpaired) electrons. The van der Waals surface area contributed by atoms with Gasteiger partial charge in [-0.2, -0.15) is 12.6 Å². The lowest BCUT2D eigenvalue weighted by Gasteiger charge is -2.04. The molecule has 0 bridgehead atoms. The summed E-state index contributed by atoms with van der Waals surface area (Å²) in [4.78, 5) is 0. The fourth-order valence-corrected chi connectivity index (χ4v) is 1.75. The number of rotatable bonds is 3. The Bertz CT molecular complexity index is 258. The van der Waals surface area contributed by atoms with Crippen LogP contribution in [0.1, 0.15) is 17.5 Å². The number of hydrogen-bond acceptors (Lipinski definition) is 1. The zero-order valence-corrected chi connectivity index (χ0v) is 9.66. The summed E-state index contributed by atoms with van der Waals surface area (Å²) in [5, 5.41) is 0. The van der Waals surface area contributed by atoms with Crippen LogP contribution in [0.3, 0.4) is 0 Å². The van der Waals surface area contributed by atoms with Crippen LogP contribution in [0.2, 0.25) is 0 Å². The smallest absolute Gasteiger partial charge is 0.0178 e. The van der Waals surface area contributed by atoms with Crippen LogP contribution in [0.4, 0.5) is 0 Å². The van der Waals surface area contributed by atoms with E-state index in [-0.39, 0.29) is 0 Å². The van der Waals surface area contributed by atoms with Crippen LogP contribution in [0, 0.1) is 6.92 Å². The molecule has 1 rings (SSSR count). The van der Waals surface area contributed by atoms with E-state index in [9.17, 15) is 0 Å². The first-order valence-electron chi connectivity index (χ1n) is 4.10. The van der Waals surface area contributed by atoms with E-state index in [0.717, 1.165) is 18.6 Å². The SMILES string of the molecule is Cc1ccc(Br)cc1CCCS. The molecule has 0 aromatic heterocycles. The van der Waals surface area contributed by atoms with Crippen molar-refractivity contribution in [3.8, 4) is 0 Å². The normalized spacial score (nSPS) is 10.2. The Kier molecular flexibility index (Phi) is 4.16. The van der Waals surface area contributed by atoms with E-state index in [0.29, 0.717) is 0 Å². The Morgan fingerprint density at radius 2 is 2.17 bits per heavy atom. The van der Waals surface area contributed by atoms with Crippen molar-refractivity contribution in [3.63, 3.8) is 0 Å². The van der Waals surface area contributed by atoms with Crippen molar-refractivity contribution in [1.29, 1.82) is 0 Å². The van der Waals surface area contributed by atoms with Crippen LogP contribution >= 0.6 is 28.6 Å². The summed E-state index contributed by atoms with van der Waals surface area (Å²) >= 11 is 7.67. The summed E-state index contributed by atoms with van der Waals surface area (Å²) < 4.78 is 1.17. The van der Waals surface area contributed by atoms with Gasteiger partial charge in [-0.25, -0.2) is 0 Å². The number of halogens is 1. The minimum absolute atomic E-state index is 0.964. The van der Waals surface area contributed by atoms with Gasteiger partial charge < -0.3 is 0 Å². The Morgan fingerprint density at radius 3 is 2.83 bits per heavy atom. The lowest BCUT2D eigenvalue weighted by atomic mass is 10.1. The van der Waals surface area contributed by atoms with Crippen LogP contribution in [0.5, 0.6) is 0 Å². The molecule has 0 saturated heterocycles. The highest BCUT2D eigenvalue weighted by molar-refractivity contribution is 9.10. The molecular weight excluding hydrogens is 232 g/mol. The van der Waals surface area contributed by atoms with E-state index in [1.807, 2.05) is 0 Å². The van der Waals surface area contributed by atoms with E-state index in [4.69, 9.17) is 0 Å². The third kappa shape index (κ3) is 2.83. The molecule has 0 aliphatic carbocycles. The topological polar surface area (TPSA) is 0 Å². The first-order chi connectivity index (χ1) is 5.74. The van der Waals surface area contributed by atoms with Gasteiger partial charge in [0.25, 0.3) is 0 Å². The summed E-state index contributed by atoms with van der Waals surface area (Å²) in [7, 11) is 0. The molecule has 1 aromatic rings. The van der Waals surface area contributed by atoms with Crippen LogP contribution in [0.25, 0.3) is 0 Å². The summed E-state index contributed by atoms with van der Waals surface area (Å²) in [6.45, 7) is 2.15. The third-order valence-electron chi connectivity index (χ3n) is 1.92. The van der Waals surface area contributed by atoms with Gasteiger partial charge >= 0.3 is 0 Å². The van der Waals surface area contributed by atoms with Gasteiger partial charge in [-0.1, -0.05) is 22.0 Å². The van der Waals surface area contributed by atoms with Gasteiger partial charge in [0.15, 0.2) is 0 Å². The molecule has 0 fully saturated rings. The molecular formula is C10H13BrS. The zero-order chi connectivity index (χ0) is 8.97. The van der Waals surface area contributed by atoms with Crippen molar-refractivity contribution >= 4 is 28.6 Å². The third-order valence-corrected chi connectivity index (χ3v) is 2.72. The molecule has 0 N–H and O–H groups in total. The largest absolute Gasteiger partial charge is 0.179 e. The molecule has 0 saturated carbocycles. The second-order valence-electron chi connectivity index (χ2n) is 2.90.